The van der Waals surface area contributed by atoms with Gasteiger partial charge >= 0.3 is 5.97 Å². The molecule has 3 N–H and O–H groups in total. The number of Topliss-reactive ketones (excluding diaryl/α,β-unsaturated/α-hetero) is 1. The van der Waals surface area contributed by atoms with Crippen LogP contribution in [-0.4, -0.2) is 44.7 Å². The molecule has 22 heavy (non-hydrogen) atoms. The number of ketones is 1. The maximum Gasteiger partial charge on any atom is 0.304 e. The topological polar surface area (TPSA) is 86.6 Å². The number of hydrogen-bond donors (Lipinski definition) is 3. The predicted octanol–water partition coefficient (Wildman–Crippen LogP) is 2.81. The molecule has 0 heterocycles. The molecule has 2 atom stereocenters. The summed E-state index contributed by atoms with van der Waals surface area (Å²) in [6, 6.07) is 0. The van der Waals surface area contributed by atoms with E-state index in [4.69, 9.17) is 5.11 Å². The highest BCUT2D eigenvalue weighted by Gasteiger charge is 2.30. The van der Waals surface area contributed by atoms with Gasteiger partial charge in [-0.15, -0.1) is 11.8 Å². The molecule has 0 aliphatic heterocycles. The number of aliphatic hydroxyl groups excluding tert-OH is 1. The second kappa shape index (κ2) is 11.0. The van der Waals surface area contributed by atoms with E-state index >= 15 is 0 Å². The number of carboxylic acid groups (broad SMARTS) is 1. The standard InChI is InChI=1S/C16H31NO4S/c1-5-6-7-9-16(3,4)22-13(11-14(19)20)15(21)17-10-8-12(2)18/h13,15,17,21H,5-11H2,1-4H3,(H,19,20). The van der Waals surface area contributed by atoms with E-state index in [0.29, 0.717) is 13.0 Å². The Bertz CT molecular complexity index is 347. The van der Waals surface area contributed by atoms with Crippen molar-refractivity contribution in [1.29, 1.82) is 0 Å². The molecule has 0 amide bonds. The Morgan fingerprint density at radius 3 is 2.41 bits per heavy atom. The zero-order valence-electron chi connectivity index (χ0n) is 14.2. The molecule has 6 heteroatoms. The van der Waals surface area contributed by atoms with Gasteiger partial charge in [0, 0.05) is 17.7 Å². The SMILES string of the molecule is CCCCCC(C)(C)SC(CC(=O)O)C(O)NCCC(C)=O. The lowest BCUT2D eigenvalue weighted by Crippen LogP contribution is -2.42. The van der Waals surface area contributed by atoms with Crippen molar-refractivity contribution in [2.45, 2.75) is 82.4 Å². The lowest BCUT2D eigenvalue weighted by atomic mass is 10.0. The van der Waals surface area contributed by atoms with E-state index < -0.39 is 17.4 Å². The third-order valence-corrected chi connectivity index (χ3v) is 4.98. The van der Waals surface area contributed by atoms with Gasteiger partial charge in [0.25, 0.3) is 0 Å². The van der Waals surface area contributed by atoms with Gasteiger partial charge in [0.15, 0.2) is 0 Å². The maximum atomic E-state index is 11.0. The summed E-state index contributed by atoms with van der Waals surface area (Å²) in [4.78, 5) is 22.0. The summed E-state index contributed by atoms with van der Waals surface area (Å²) in [5.74, 6) is -0.878. The Labute approximate surface area is 138 Å². The fourth-order valence-corrected chi connectivity index (χ4v) is 3.72. The average molecular weight is 333 g/mol. The van der Waals surface area contributed by atoms with Crippen molar-refractivity contribution in [1.82, 2.24) is 5.32 Å². The molecule has 0 rings (SSSR count). The summed E-state index contributed by atoms with van der Waals surface area (Å²) >= 11 is 1.51. The van der Waals surface area contributed by atoms with Crippen molar-refractivity contribution >= 4 is 23.5 Å². The number of aliphatic carboxylic acids is 1. The van der Waals surface area contributed by atoms with E-state index in [-0.39, 0.29) is 17.0 Å². The van der Waals surface area contributed by atoms with Gasteiger partial charge < -0.3 is 10.2 Å². The Morgan fingerprint density at radius 2 is 1.91 bits per heavy atom. The molecule has 0 saturated carbocycles. The highest BCUT2D eigenvalue weighted by atomic mass is 32.2. The summed E-state index contributed by atoms with van der Waals surface area (Å²) in [5, 5.41) is 21.7. The number of unbranched alkanes of at least 4 members (excludes halogenated alkanes) is 2. The third kappa shape index (κ3) is 11.0. The number of rotatable bonds is 13. The molecular weight excluding hydrogens is 302 g/mol. The van der Waals surface area contributed by atoms with Crippen LogP contribution < -0.4 is 5.32 Å². The fraction of sp³-hybridized carbons (Fsp3) is 0.875. The minimum atomic E-state index is -0.925. The molecule has 130 valence electrons. The normalized spacial score (nSPS) is 14.6. The molecule has 0 fully saturated rings. The number of aliphatic hydroxyl groups is 1. The Hall–Kier alpha value is -0.590. The molecule has 0 spiro atoms. The van der Waals surface area contributed by atoms with E-state index in [9.17, 15) is 14.7 Å². The van der Waals surface area contributed by atoms with Gasteiger partial charge in [-0.1, -0.05) is 40.0 Å². The number of thioether (sulfide) groups is 1. The van der Waals surface area contributed by atoms with E-state index in [1.54, 1.807) is 0 Å². The highest BCUT2D eigenvalue weighted by molar-refractivity contribution is 8.01. The molecule has 0 aromatic rings. The van der Waals surface area contributed by atoms with Crippen LogP contribution in [0.4, 0.5) is 0 Å². The van der Waals surface area contributed by atoms with Crippen LogP contribution in [0.3, 0.4) is 0 Å². The minimum absolute atomic E-state index is 0.0435. The van der Waals surface area contributed by atoms with Gasteiger partial charge in [-0.2, -0.15) is 0 Å². The van der Waals surface area contributed by atoms with Gasteiger partial charge in [-0.25, -0.2) is 0 Å². The van der Waals surface area contributed by atoms with E-state index in [0.717, 1.165) is 25.7 Å². The zero-order valence-corrected chi connectivity index (χ0v) is 15.0. The first-order valence-corrected chi connectivity index (χ1v) is 8.86. The van der Waals surface area contributed by atoms with Crippen molar-refractivity contribution in [3.8, 4) is 0 Å². The first-order chi connectivity index (χ1) is 10.2. The number of nitrogens with one attached hydrogen (secondary N) is 1. The van der Waals surface area contributed by atoms with E-state index in [2.05, 4.69) is 26.1 Å². The Morgan fingerprint density at radius 1 is 1.27 bits per heavy atom. The van der Waals surface area contributed by atoms with Crippen LogP contribution in [0, 0.1) is 0 Å². The smallest absolute Gasteiger partial charge is 0.304 e. The molecule has 0 saturated heterocycles. The van der Waals surface area contributed by atoms with Gasteiger partial charge in [0.05, 0.1) is 11.7 Å². The third-order valence-electron chi connectivity index (χ3n) is 3.41. The van der Waals surface area contributed by atoms with Crippen molar-refractivity contribution < 1.29 is 19.8 Å². The molecule has 5 nitrogen and oxygen atoms in total. The number of carbonyl (C=O) groups excluding carboxylic acids is 1. The fourth-order valence-electron chi connectivity index (χ4n) is 2.19. The van der Waals surface area contributed by atoms with E-state index in [1.807, 2.05) is 0 Å². The molecular formula is C16H31NO4S. The minimum Gasteiger partial charge on any atom is -0.481 e. The van der Waals surface area contributed by atoms with Crippen LogP contribution >= 0.6 is 11.8 Å². The monoisotopic (exact) mass is 333 g/mol. The highest BCUT2D eigenvalue weighted by Crippen LogP contribution is 2.36. The Kier molecular flexibility index (Phi) is 10.7. The van der Waals surface area contributed by atoms with Gasteiger partial charge in [0.2, 0.25) is 0 Å². The maximum absolute atomic E-state index is 11.0. The quantitative estimate of drug-likeness (QED) is 0.355. The largest absolute Gasteiger partial charge is 0.481 e. The van der Waals surface area contributed by atoms with Crippen LogP contribution in [0.5, 0.6) is 0 Å². The van der Waals surface area contributed by atoms with E-state index in [1.165, 1.54) is 18.7 Å². The second-order valence-electron chi connectivity index (χ2n) is 6.32. The summed E-state index contributed by atoms with van der Waals surface area (Å²) in [6.45, 7) is 8.18. The molecule has 0 aliphatic carbocycles. The predicted molar refractivity (Wildman–Crippen MR) is 91.2 cm³/mol. The Balaban J connectivity index is 4.53. The van der Waals surface area contributed by atoms with Gasteiger partial charge in [0.1, 0.15) is 12.0 Å². The molecule has 0 radical (unpaired) electrons. The van der Waals surface area contributed by atoms with Crippen molar-refractivity contribution in [2.75, 3.05) is 6.54 Å². The van der Waals surface area contributed by atoms with Crippen LogP contribution in [0.1, 0.15) is 66.2 Å². The summed E-state index contributed by atoms with van der Waals surface area (Å²) < 4.78 is -0.0848. The molecule has 0 aliphatic rings. The first-order valence-electron chi connectivity index (χ1n) is 7.98. The molecule has 0 aromatic heterocycles. The number of carboxylic acids is 1. The zero-order chi connectivity index (χ0) is 17.2. The summed E-state index contributed by atoms with van der Waals surface area (Å²) in [5.41, 5.74) is 0. The molecule has 0 bridgehead atoms. The lowest BCUT2D eigenvalue weighted by molar-refractivity contribution is -0.137. The lowest BCUT2D eigenvalue weighted by Gasteiger charge is -2.31. The van der Waals surface area contributed by atoms with Crippen LogP contribution in [0.2, 0.25) is 0 Å². The molecule has 2 unspecified atom stereocenters. The van der Waals surface area contributed by atoms with Gasteiger partial charge in [-0.05, 0) is 13.3 Å². The second-order valence-corrected chi connectivity index (χ2v) is 8.27. The van der Waals surface area contributed by atoms with Crippen molar-refractivity contribution in [2.24, 2.45) is 0 Å². The number of hydrogen-bond acceptors (Lipinski definition) is 5. The van der Waals surface area contributed by atoms with Crippen LogP contribution in [-0.2, 0) is 9.59 Å². The average Bonchev–Trinajstić information content (AvgIpc) is 2.36. The van der Waals surface area contributed by atoms with Crippen LogP contribution in [0.25, 0.3) is 0 Å². The van der Waals surface area contributed by atoms with Gasteiger partial charge in [-0.3, -0.25) is 14.9 Å². The van der Waals surface area contributed by atoms with Crippen molar-refractivity contribution in [3.05, 3.63) is 0 Å². The molecule has 0 aromatic carbocycles. The summed E-state index contributed by atoms with van der Waals surface area (Å²) in [6.07, 6.45) is 3.70. The van der Waals surface area contributed by atoms with Crippen LogP contribution in [0.15, 0.2) is 0 Å². The summed E-state index contributed by atoms with van der Waals surface area (Å²) in [7, 11) is 0. The van der Waals surface area contributed by atoms with Crippen molar-refractivity contribution in [3.63, 3.8) is 0 Å². The first kappa shape index (κ1) is 21.4. The number of carbonyl (C=O) groups is 2.